The van der Waals surface area contributed by atoms with Gasteiger partial charge in [-0.25, -0.2) is 4.98 Å². The van der Waals surface area contributed by atoms with Gasteiger partial charge in [-0.2, -0.15) is 18.2 Å². The van der Waals surface area contributed by atoms with Gasteiger partial charge in [0.15, 0.2) is 5.69 Å². The lowest BCUT2D eigenvalue weighted by atomic mass is 10.1. The molecule has 1 heterocycles. The van der Waals surface area contributed by atoms with E-state index in [1.807, 2.05) is 45.9 Å². The molecular formula is C17H21F3N4. The third-order valence-corrected chi connectivity index (χ3v) is 3.66. The largest absolute Gasteiger partial charge is 0.433 e. The van der Waals surface area contributed by atoms with Crippen LogP contribution in [0.2, 0.25) is 0 Å². The summed E-state index contributed by atoms with van der Waals surface area (Å²) < 4.78 is 39.3. The standard InChI is InChI=1S/C17H21F3N4/c1-5-12(4)21-16-23-14(17(18,19)20)9-15(24-16)22-13-8-10(2)6-7-11(13)3/h6-9,12H,5H2,1-4H3,(H2,21,22,23,24)/t12-/m0/s1. The highest BCUT2D eigenvalue weighted by Gasteiger charge is 2.34. The van der Waals surface area contributed by atoms with E-state index in [2.05, 4.69) is 20.6 Å². The van der Waals surface area contributed by atoms with E-state index in [1.54, 1.807) is 0 Å². The highest BCUT2D eigenvalue weighted by Crippen LogP contribution is 2.31. The Morgan fingerprint density at radius 2 is 1.83 bits per heavy atom. The molecule has 4 nitrogen and oxygen atoms in total. The van der Waals surface area contributed by atoms with Crippen LogP contribution in [0.5, 0.6) is 0 Å². The van der Waals surface area contributed by atoms with Gasteiger partial charge in [0, 0.05) is 17.8 Å². The summed E-state index contributed by atoms with van der Waals surface area (Å²) in [4.78, 5) is 7.75. The van der Waals surface area contributed by atoms with Gasteiger partial charge in [-0.1, -0.05) is 19.1 Å². The zero-order valence-corrected chi connectivity index (χ0v) is 14.1. The van der Waals surface area contributed by atoms with E-state index < -0.39 is 11.9 Å². The number of hydrogen-bond acceptors (Lipinski definition) is 4. The second-order valence-electron chi connectivity index (χ2n) is 5.86. The molecule has 0 amide bonds. The highest BCUT2D eigenvalue weighted by atomic mass is 19.4. The van der Waals surface area contributed by atoms with Gasteiger partial charge in [0.05, 0.1) is 0 Å². The molecule has 0 radical (unpaired) electrons. The second kappa shape index (κ2) is 7.07. The number of aryl methyl sites for hydroxylation is 2. The molecule has 2 rings (SSSR count). The van der Waals surface area contributed by atoms with E-state index in [1.165, 1.54) is 0 Å². The fraction of sp³-hybridized carbons (Fsp3) is 0.412. The van der Waals surface area contributed by atoms with Crippen molar-refractivity contribution in [1.82, 2.24) is 9.97 Å². The van der Waals surface area contributed by atoms with Crippen LogP contribution in [-0.4, -0.2) is 16.0 Å². The molecule has 2 aromatic rings. The first-order valence-electron chi connectivity index (χ1n) is 7.76. The van der Waals surface area contributed by atoms with Crippen molar-refractivity contribution >= 4 is 17.5 Å². The second-order valence-corrected chi connectivity index (χ2v) is 5.86. The lowest BCUT2D eigenvalue weighted by Crippen LogP contribution is -2.18. The van der Waals surface area contributed by atoms with Crippen molar-refractivity contribution in [1.29, 1.82) is 0 Å². The molecule has 2 N–H and O–H groups in total. The summed E-state index contributed by atoms with van der Waals surface area (Å²) in [6.45, 7) is 7.59. The number of aromatic nitrogens is 2. The molecule has 0 saturated heterocycles. The van der Waals surface area contributed by atoms with Crippen molar-refractivity contribution in [2.45, 2.75) is 46.3 Å². The number of anilines is 3. The molecule has 1 aromatic carbocycles. The van der Waals surface area contributed by atoms with Crippen LogP contribution in [0, 0.1) is 13.8 Å². The molecule has 0 aliphatic carbocycles. The van der Waals surface area contributed by atoms with Crippen LogP contribution in [0.4, 0.5) is 30.6 Å². The Bertz CT molecular complexity index is 713. The minimum Gasteiger partial charge on any atom is -0.352 e. The summed E-state index contributed by atoms with van der Waals surface area (Å²) >= 11 is 0. The average Bonchev–Trinajstić information content (AvgIpc) is 2.49. The number of benzene rings is 1. The topological polar surface area (TPSA) is 49.8 Å². The van der Waals surface area contributed by atoms with Gasteiger partial charge in [-0.05, 0) is 44.4 Å². The maximum atomic E-state index is 13.1. The number of hydrogen-bond donors (Lipinski definition) is 2. The van der Waals surface area contributed by atoms with Crippen molar-refractivity contribution in [2.75, 3.05) is 10.6 Å². The van der Waals surface area contributed by atoms with E-state index in [9.17, 15) is 13.2 Å². The Balaban J connectivity index is 2.40. The first kappa shape index (κ1) is 18.0. The van der Waals surface area contributed by atoms with Crippen LogP contribution in [0.1, 0.15) is 37.1 Å². The van der Waals surface area contributed by atoms with E-state index in [4.69, 9.17) is 0 Å². The molecular weight excluding hydrogens is 317 g/mol. The molecule has 0 aliphatic heterocycles. The predicted octanol–water partition coefficient (Wildman–Crippen LogP) is 5.07. The maximum Gasteiger partial charge on any atom is 0.433 e. The first-order valence-corrected chi connectivity index (χ1v) is 7.76. The number of alkyl halides is 3. The third-order valence-electron chi connectivity index (χ3n) is 3.66. The first-order chi connectivity index (χ1) is 11.2. The van der Waals surface area contributed by atoms with Crippen LogP contribution in [0.3, 0.4) is 0 Å². The Labute approximate surface area is 139 Å². The minimum atomic E-state index is -4.53. The average molecular weight is 338 g/mol. The van der Waals surface area contributed by atoms with Gasteiger partial charge >= 0.3 is 6.18 Å². The van der Waals surface area contributed by atoms with Crippen molar-refractivity contribution in [3.05, 3.63) is 41.1 Å². The van der Waals surface area contributed by atoms with Crippen molar-refractivity contribution in [2.24, 2.45) is 0 Å². The molecule has 24 heavy (non-hydrogen) atoms. The van der Waals surface area contributed by atoms with Crippen LogP contribution >= 0.6 is 0 Å². The Hall–Kier alpha value is -2.31. The molecule has 0 aliphatic rings. The van der Waals surface area contributed by atoms with Crippen LogP contribution < -0.4 is 10.6 Å². The Morgan fingerprint density at radius 1 is 1.12 bits per heavy atom. The molecule has 0 saturated carbocycles. The molecule has 0 fully saturated rings. The van der Waals surface area contributed by atoms with Gasteiger partial charge in [0.25, 0.3) is 0 Å². The van der Waals surface area contributed by atoms with Crippen molar-refractivity contribution < 1.29 is 13.2 Å². The predicted molar refractivity (Wildman–Crippen MR) is 89.6 cm³/mol. The highest BCUT2D eigenvalue weighted by molar-refractivity contribution is 5.62. The van der Waals surface area contributed by atoms with Gasteiger partial charge < -0.3 is 10.6 Å². The van der Waals surface area contributed by atoms with Crippen LogP contribution in [0.15, 0.2) is 24.3 Å². The fourth-order valence-electron chi connectivity index (χ4n) is 2.05. The number of nitrogens with one attached hydrogen (secondary N) is 2. The smallest absolute Gasteiger partial charge is 0.352 e. The molecule has 7 heteroatoms. The summed E-state index contributed by atoms with van der Waals surface area (Å²) in [5.41, 5.74) is 1.67. The zero-order chi connectivity index (χ0) is 17.9. The van der Waals surface area contributed by atoms with E-state index >= 15 is 0 Å². The Kier molecular flexibility index (Phi) is 5.31. The maximum absolute atomic E-state index is 13.1. The van der Waals surface area contributed by atoms with Crippen molar-refractivity contribution in [3.63, 3.8) is 0 Å². The number of halogens is 3. The van der Waals surface area contributed by atoms with Gasteiger partial charge in [-0.3, -0.25) is 0 Å². The Morgan fingerprint density at radius 3 is 2.46 bits per heavy atom. The van der Waals surface area contributed by atoms with Gasteiger partial charge in [0.2, 0.25) is 5.95 Å². The summed E-state index contributed by atoms with van der Waals surface area (Å²) in [6.07, 6.45) is -3.79. The molecule has 0 bridgehead atoms. The molecule has 130 valence electrons. The normalized spacial score (nSPS) is 12.8. The number of nitrogens with zero attached hydrogens (tertiary/aromatic N) is 2. The van der Waals surface area contributed by atoms with Gasteiger partial charge in [0.1, 0.15) is 5.82 Å². The monoisotopic (exact) mass is 338 g/mol. The summed E-state index contributed by atoms with van der Waals surface area (Å²) in [6, 6.07) is 6.61. The van der Waals surface area contributed by atoms with Crippen LogP contribution in [-0.2, 0) is 6.18 Å². The molecule has 1 atom stereocenters. The molecule has 1 aromatic heterocycles. The SMILES string of the molecule is CC[C@H](C)Nc1nc(Nc2cc(C)ccc2C)cc(C(F)(F)F)n1. The zero-order valence-electron chi connectivity index (χ0n) is 14.1. The molecule has 0 spiro atoms. The fourth-order valence-corrected chi connectivity index (χ4v) is 2.05. The van der Waals surface area contributed by atoms with Gasteiger partial charge in [-0.15, -0.1) is 0 Å². The summed E-state index contributed by atoms with van der Waals surface area (Å²) in [7, 11) is 0. The molecule has 0 unspecified atom stereocenters. The minimum absolute atomic E-state index is 0.0259. The number of rotatable bonds is 5. The van der Waals surface area contributed by atoms with Crippen molar-refractivity contribution in [3.8, 4) is 0 Å². The third kappa shape index (κ3) is 4.59. The van der Waals surface area contributed by atoms with Crippen LogP contribution in [0.25, 0.3) is 0 Å². The summed E-state index contributed by atoms with van der Waals surface area (Å²) in [5.74, 6) is 0.0730. The quantitative estimate of drug-likeness (QED) is 0.799. The summed E-state index contributed by atoms with van der Waals surface area (Å²) in [5, 5.41) is 5.86. The van der Waals surface area contributed by atoms with E-state index in [-0.39, 0.29) is 17.8 Å². The lowest BCUT2D eigenvalue weighted by Gasteiger charge is -2.16. The van der Waals surface area contributed by atoms with E-state index in [0.717, 1.165) is 29.3 Å². The van der Waals surface area contributed by atoms with E-state index in [0.29, 0.717) is 0 Å². The lowest BCUT2D eigenvalue weighted by molar-refractivity contribution is -0.141.